The number of aliphatic hydroxyl groups is 1. The van der Waals surface area contributed by atoms with Crippen LogP contribution in [0.3, 0.4) is 0 Å². The molecule has 1 saturated heterocycles. The highest BCUT2D eigenvalue weighted by atomic mass is 16.5. The van der Waals surface area contributed by atoms with Crippen molar-refractivity contribution in [3.05, 3.63) is 95.1 Å². The van der Waals surface area contributed by atoms with Gasteiger partial charge < -0.3 is 25.4 Å². The SMILES string of the molecule is COc1cccc(CNCC(O)C(Cc2ccccc2)NC(=O)c2cc(C3CCCCC3)cc(N3CCCC3=O)c2)c1. The molecular weight excluding hydrogens is 526 g/mol. The Morgan fingerprint density at radius 3 is 2.50 bits per heavy atom. The number of ether oxygens (including phenoxy) is 1. The zero-order valence-corrected chi connectivity index (χ0v) is 24.6. The molecule has 0 radical (unpaired) electrons. The van der Waals surface area contributed by atoms with Gasteiger partial charge in [0.25, 0.3) is 5.91 Å². The number of anilines is 1. The summed E-state index contributed by atoms with van der Waals surface area (Å²) in [5.41, 5.74) is 4.58. The van der Waals surface area contributed by atoms with E-state index in [4.69, 9.17) is 4.74 Å². The summed E-state index contributed by atoms with van der Waals surface area (Å²) in [7, 11) is 1.64. The van der Waals surface area contributed by atoms with Crippen LogP contribution in [-0.4, -0.2) is 49.3 Å². The molecule has 42 heavy (non-hydrogen) atoms. The Morgan fingerprint density at radius 1 is 0.976 bits per heavy atom. The Labute approximate surface area is 249 Å². The second kappa shape index (κ2) is 14.5. The second-order valence-electron chi connectivity index (χ2n) is 11.6. The average molecular weight is 570 g/mol. The standard InChI is InChI=1S/C35H43N3O4/c1-42-31-15-8-12-26(18-31)23-36-24-33(39)32(19-25-10-4-2-5-11-25)37-35(41)29-20-28(27-13-6-3-7-14-27)21-30(22-29)38-17-9-16-34(38)40/h2,4-5,8,10-12,15,18,20-22,27,32-33,36,39H,3,6-7,9,13-14,16-17,19,23-24H2,1H3,(H,37,41). The Hall–Kier alpha value is -3.68. The summed E-state index contributed by atoms with van der Waals surface area (Å²) < 4.78 is 5.32. The average Bonchev–Trinajstić information content (AvgIpc) is 3.47. The lowest BCUT2D eigenvalue weighted by molar-refractivity contribution is -0.117. The first-order valence-corrected chi connectivity index (χ1v) is 15.3. The van der Waals surface area contributed by atoms with E-state index in [2.05, 4.69) is 16.7 Å². The maximum Gasteiger partial charge on any atom is 0.251 e. The van der Waals surface area contributed by atoms with Gasteiger partial charge >= 0.3 is 0 Å². The monoisotopic (exact) mass is 569 g/mol. The molecule has 2 atom stereocenters. The summed E-state index contributed by atoms with van der Waals surface area (Å²) in [4.78, 5) is 28.3. The molecular formula is C35H43N3O4. The molecule has 5 rings (SSSR count). The van der Waals surface area contributed by atoms with E-state index in [1.165, 1.54) is 19.3 Å². The van der Waals surface area contributed by atoms with Crippen LogP contribution in [0.5, 0.6) is 5.75 Å². The topological polar surface area (TPSA) is 90.9 Å². The molecule has 1 aliphatic carbocycles. The van der Waals surface area contributed by atoms with Gasteiger partial charge in [0.15, 0.2) is 0 Å². The van der Waals surface area contributed by atoms with Crippen molar-refractivity contribution in [1.82, 2.24) is 10.6 Å². The number of rotatable bonds is 12. The van der Waals surface area contributed by atoms with Crippen LogP contribution in [0, 0.1) is 0 Å². The summed E-state index contributed by atoms with van der Waals surface area (Å²) in [5.74, 6) is 1.07. The molecule has 0 spiro atoms. The first kappa shape index (κ1) is 29.8. The third-order valence-corrected chi connectivity index (χ3v) is 8.56. The van der Waals surface area contributed by atoms with Crippen LogP contribution in [0.15, 0.2) is 72.8 Å². The van der Waals surface area contributed by atoms with Gasteiger partial charge in [0.1, 0.15) is 5.75 Å². The number of methoxy groups -OCH3 is 1. The third kappa shape index (κ3) is 7.78. The minimum Gasteiger partial charge on any atom is -0.497 e. The number of amides is 2. The van der Waals surface area contributed by atoms with Gasteiger partial charge in [0.2, 0.25) is 5.91 Å². The number of benzene rings is 3. The summed E-state index contributed by atoms with van der Waals surface area (Å²) in [6.07, 6.45) is 6.89. The first-order chi connectivity index (χ1) is 20.5. The van der Waals surface area contributed by atoms with E-state index in [1.807, 2.05) is 71.6 Å². The van der Waals surface area contributed by atoms with Crippen LogP contribution >= 0.6 is 0 Å². The summed E-state index contributed by atoms with van der Waals surface area (Å²) in [6.45, 7) is 1.56. The van der Waals surface area contributed by atoms with Crippen LogP contribution in [0.2, 0.25) is 0 Å². The highest BCUT2D eigenvalue weighted by Gasteiger charge is 2.27. The number of carbonyl (C=O) groups is 2. The predicted molar refractivity (Wildman–Crippen MR) is 166 cm³/mol. The molecule has 1 saturated carbocycles. The normalized spacial score (nSPS) is 17.2. The van der Waals surface area contributed by atoms with Crippen molar-refractivity contribution < 1.29 is 19.4 Å². The van der Waals surface area contributed by atoms with Gasteiger partial charge in [-0.25, -0.2) is 0 Å². The fraction of sp³-hybridized carbons (Fsp3) is 0.429. The predicted octanol–water partition coefficient (Wildman–Crippen LogP) is 5.36. The number of aliphatic hydroxyl groups excluding tert-OH is 1. The molecule has 3 aromatic rings. The smallest absolute Gasteiger partial charge is 0.251 e. The van der Waals surface area contributed by atoms with Gasteiger partial charge in [-0.3, -0.25) is 9.59 Å². The maximum absolute atomic E-state index is 13.8. The highest BCUT2D eigenvalue weighted by Crippen LogP contribution is 2.36. The van der Waals surface area contributed by atoms with E-state index >= 15 is 0 Å². The van der Waals surface area contributed by atoms with Crippen molar-refractivity contribution in [2.75, 3.05) is 25.1 Å². The maximum atomic E-state index is 13.8. The van der Waals surface area contributed by atoms with Crippen LogP contribution in [0.25, 0.3) is 0 Å². The lowest BCUT2D eigenvalue weighted by Crippen LogP contribution is -2.48. The van der Waals surface area contributed by atoms with Gasteiger partial charge in [-0.2, -0.15) is 0 Å². The molecule has 0 bridgehead atoms. The Kier molecular flexibility index (Phi) is 10.3. The van der Waals surface area contributed by atoms with Crippen molar-refractivity contribution >= 4 is 17.5 Å². The molecule has 7 nitrogen and oxygen atoms in total. The molecule has 3 N–H and O–H groups in total. The third-order valence-electron chi connectivity index (χ3n) is 8.56. The van der Waals surface area contributed by atoms with Crippen molar-refractivity contribution in [3.63, 3.8) is 0 Å². The number of hydrogen-bond acceptors (Lipinski definition) is 5. The quantitative estimate of drug-likeness (QED) is 0.273. The largest absolute Gasteiger partial charge is 0.497 e. The zero-order chi connectivity index (χ0) is 29.3. The minimum absolute atomic E-state index is 0.113. The summed E-state index contributed by atoms with van der Waals surface area (Å²) in [5, 5.41) is 17.8. The molecule has 2 fully saturated rings. The van der Waals surface area contributed by atoms with E-state index in [-0.39, 0.29) is 11.8 Å². The fourth-order valence-corrected chi connectivity index (χ4v) is 6.21. The molecule has 3 aromatic carbocycles. The van der Waals surface area contributed by atoms with Gasteiger partial charge in [-0.05, 0) is 78.6 Å². The van der Waals surface area contributed by atoms with Gasteiger partial charge in [0, 0.05) is 37.3 Å². The number of nitrogens with zero attached hydrogens (tertiary/aromatic N) is 1. The minimum atomic E-state index is -0.819. The van der Waals surface area contributed by atoms with E-state index < -0.39 is 12.1 Å². The molecule has 0 aromatic heterocycles. The van der Waals surface area contributed by atoms with Gasteiger partial charge in [0.05, 0.1) is 19.3 Å². The second-order valence-corrected chi connectivity index (χ2v) is 11.6. The molecule has 2 amide bonds. The Morgan fingerprint density at radius 2 is 1.76 bits per heavy atom. The van der Waals surface area contributed by atoms with Crippen LogP contribution < -0.4 is 20.3 Å². The van der Waals surface area contributed by atoms with E-state index in [9.17, 15) is 14.7 Å². The van der Waals surface area contributed by atoms with Crippen molar-refractivity contribution in [1.29, 1.82) is 0 Å². The number of carbonyl (C=O) groups excluding carboxylic acids is 2. The van der Waals surface area contributed by atoms with Crippen LogP contribution in [0.1, 0.15) is 77.9 Å². The number of nitrogens with one attached hydrogen (secondary N) is 2. The van der Waals surface area contributed by atoms with E-state index in [1.54, 1.807) is 7.11 Å². The lowest BCUT2D eigenvalue weighted by atomic mass is 9.83. The van der Waals surface area contributed by atoms with E-state index in [0.717, 1.165) is 47.4 Å². The van der Waals surface area contributed by atoms with Crippen molar-refractivity contribution in [2.45, 2.75) is 76.0 Å². The molecule has 2 unspecified atom stereocenters. The van der Waals surface area contributed by atoms with Crippen LogP contribution in [0.4, 0.5) is 5.69 Å². The van der Waals surface area contributed by atoms with E-state index in [0.29, 0.717) is 44.0 Å². The van der Waals surface area contributed by atoms with Crippen LogP contribution in [-0.2, 0) is 17.8 Å². The first-order valence-electron chi connectivity index (χ1n) is 15.3. The zero-order valence-electron chi connectivity index (χ0n) is 24.6. The highest BCUT2D eigenvalue weighted by molar-refractivity contribution is 5.99. The Balaban J connectivity index is 1.34. The summed E-state index contributed by atoms with van der Waals surface area (Å²) in [6, 6.07) is 23.2. The molecule has 1 heterocycles. The van der Waals surface area contributed by atoms with Crippen molar-refractivity contribution in [2.24, 2.45) is 0 Å². The molecule has 2 aliphatic rings. The molecule has 7 heteroatoms. The van der Waals surface area contributed by atoms with Gasteiger partial charge in [-0.1, -0.05) is 61.7 Å². The molecule has 222 valence electrons. The fourth-order valence-electron chi connectivity index (χ4n) is 6.21. The van der Waals surface area contributed by atoms with Crippen molar-refractivity contribution in [3.8, 4) is 5.75 Å². The van der Waals surface area contributed by atoms with Gasteiger partial charge in [-0.15, -0.1) is 0 Å². The Bertz CT molecular complexity index is 1340. The molecule has 1 aliphatic heterocycles. The summed E-state index contributed by atoms with van der Waals surface area (Å²) >= 11 is 0. The number of hydrogen-bond donors (Lipinski definition) is 3. The lowest BCUT2D eigenvalue weighted by Gasteiger charge is -2.27.